The van der Waals surface area contributed by atoms with Crippen LogP contribution in [0.25, 0.3) is 0 Å². The number of hydrogen-bond acceptors (Lipinski definition) is 3. The van der Waals surface area contributed by atoms with Crippen LogP contribution in [0.15, 0.2) is 5.38 Å². The van der Waals surface area contributed by atoms with E-state index in [0.29, 0.717) is 5.41 Å². The van der Waals surface area contributed by atoms with Gasteiger partial charge in [0.05, 0.1) is 10.7 Å². The summed E-state index contributed by atoms with van der Waals surface area (Å²) in [4.78, 5) is 4.64. The Labute approximate surface area is 115 Å². The molecule has 1 unspecified atom stereocenters. The second-order valence-corrected chi connectivity index (χ2v) is 7.55. The Hall–Kier alpha value is -0.410. The normalized spacial score (nSPS) is 19.2. The van der Waals surface area contributed by atoms with Gasteiger partial charge in [0.2, 0.25) is 0 Å². The molecule has 1 N–H and O–H groups in total. The quantitative estimate of drug-likeness (QED) is 0.815. The third kappa shape index (κ3) is 3.79. The molecule has 0 amide bonds. The predicted molar refractivity (Wildman–Crippen MR) is 79.1 cm³/mol. The van der Waals surface area contributed by atoms with E-state index in [1.165, 1.54) is 23.5 Å². The van der Waals surface area contributed by atoms with E-state index in [2.05, 4.69) is 43.4 Å². The van der Waals surface area contributed by atoms with Crippen molar-refractivity contribution < 1.29 is 0 Å². The molecule has 102 valence electrons. The largest absolute Gasteiger partial charge is 0.316 e. The van der Waals surface area contributed by atoms with E-state index < -0.39 is 0 Å². The molecule has 1 aromatic rings. The molecule has 2 rings (SSSR count). The highest BCUT2D eigenvalue weighted by Gasteiger charge is 2.41. The number of hydrogen-bond donors (Lipinski definition) is 1. The van der Waals surface area contributed by atoms with Crippen molar-refractivity contribution in [2.24, 2.45) is 17.3 Å². The molecule has 0 bridgehead atoms. The molecular formula is C15H26N2S. The van der Waals surface area contributed by atoms with E-state index in [4.69, 9.17) is 0 Å². The van der Waals surface area contributed by atoms with Gasteiger partial charge in [-0.25, -0.2) is 4.98 Å². The molecule has 0 radical (unpaired) electrons. The Morgan fingerprint density at radius 1 is 1.50 bits per heavy atom. The third-order valence-corrected chi connectivity index (χ3v) is 4.72. The van der Waals surface area contributed by atoms with Crippen LogP contribution in [0.1, 0.15) is 44.3 Å². The Kier molecular flexibility index (Phi) is 4.44. The summed E-state index contributed by atoms with van der Waals surface area (Å²) in [5.74, 6) is 1.63. The fraction of sp³-hybridized carbons (Fsp3) is 0.800. The number of nitrogens with one attached hydrogen (secondary N) is 1. The van der Waals surface area contributed by atoms with Crippen LogP contribution >= 0.6 is 11.3 Å². The Balaban J connectivity index is 1.93. The minimum Gasteiger partial charge on any atom is -0.316 e. The number of aryl methyl sites for hydroxylation is 1. The van der Waals surface area contributed by atoms with Crippen molar-refractivity contribution in [1.82, 2.24) is 10.3 Å². The Morgan fingerprint density at radius 3 is 2.72 bits per heavy atom. The molecule has 1 fully saturated rings. The van der Waals surface area contributed by atoms with Crippen LogP contribution in [0.5, 0.6) is 0 Å². The third-order valence-electron chi connectivity index (χ3n) is 3.90. The molecule has 18 heavy (non-hydrogen) atoms. The summed E-state index contributed by atoms with van der Waals surface area (Å²) < 4.78 is 0. The lowest BCUT2D eigenvalue weighted by Gasteiger charge is -2.30. The average molecular weight is 266 g/mol. The van der Waals surface area contributed by atoms with Gasteiger partial charge in [-0.05, 0) is 50.0 Å². The molecule has 1 aliphatic rings. The van der Waals surface area contributed by atoms with Gasteiger partial charge in [0.15, 0.2) is 0 Å². The lowest BCUT2D eigenvalue weighted by Crippen LogP contribution is -2.37. The fourth-order valence-corrected chi connectivity index (χ4v) is 3.29. The van der Waals surface area contributed by atoms with E-state index in [9.17, 15) is 0 Å². The van der Waals surface area contributed by atoms with Crippen LogP contribution in [0.2, 0.25) is 0 Å². The minimum absolute atomic E-state index is 0.398. The second-order valence-electron chi connectivity index (χ2n) is 6.49. The summed E-state index contributed by atoms with van der Waals surface area (Å²) in [6.45, 7) is 11.3. The van der Waals surface area contributed by atoms with Crippen LogP contribution in [0.4, 0.5) is 0 Å². The van der Waals surface area contributed by atoms with Crippen molar-refractivity contribution in [2.75, 3.05) is 13.1 Å². The van der Waals surface area contributed by atoms with Gasteiger partial charge >= 0.3 is 0 Å². The first-order chi connectivity index (χ1) is 8.49. The summed E-state index contributed by atoms with van der Waals surface area (Å²) >= 11 is 1.77. The van der Waals surface area contributed by atoms with Gasteiger partial charge < -0.3 is 5.32 Å². The maximum atomic E-state index is 4.64. The van der Waals surface area contributed by atoms with E-state index in [-0.39, 0.29) is 0 Å². The van der Waals surface area contributed by atoms with Crippen molar-refractivity contribution >= 4 is 11.3 Å². The zero-order valence-electron chi connectivity index (χ0n) is 12.1. The van der Waals surface area contributed by atoms with E-state index in [1.807, 2.05) is 0 Å². The first kappa shape index (κ1) is 14.0. The number of rotatable bonds is 7. The van der Waals surface area contributed by atoms with Crippen LogP contribution in [-0.2, 0) is 6.42 Å². The second kappa shape index (κ2) is 5.70. The van der Waals surface area contributed by atoms with Gasteiger partial charge in [-0.3, -0.25) is 0 Å². The molecule has 0 saturated heterocycles. The molecule has 1 atom stereocenters. The van der Waals surface area contributed by atoms with Crippen molar-refractivity contribution in [3.8, 4) is 0 Å². The summed E-state index contributed by atoms with van der Waals surface area (Å²) in [6.07, 6.45) is 3.94. The first-order valence-electron chi connectivity index (χ1n) is 7.11. The van der Waals surface area contributed by atoms with E-state index in [1.54, 1.807) is 11.3 Å². The zero-order chi connectivity index (χ0) is 13.2. The van der Waals surface area contributed by atoms with Gasteiger partial charge in [0.25, 0.3) is 0 Å². The van der Waals surface area contributed by atoms with Crippen molar-refractivity contribution in [3.05, 3.63) is 16.1 Å². The summed E-state index contributed by atoms with van der Waals surface area (Å²) in [7, 11) is 0. The average Bonchev–Trinajstić information content (AvgIpc) is 3.04. The zero-order valence-corrected chi connectivity index (χ0v) is 12.9. The molecule has 0 aromatic carbocycles. The number of nitrogens with zero attached hydrogens (tertiary/aromatic N) is 1. The van der Waals surface area contributed by atoms with Crippen LogP contribution in [-0.4, -0.2) is 18.1 Å². The Bertz CT molecular complexity index is 382. The maximum absolute atomic E-state index is 4.64. The van der Waals surface area contributed by atoms with Crippen molar-refractivity contribution in [2.45, 2.75) is 47.0 Å². The van der Waals surface area contributed by atoms with Crippen LogP contribution in [0.3, 0.4) is 0 Å². The van der Waals surface area contributed by atoms with Crippen LogP contribution < -0.4 is 5.32 Å². The van der Waals surface area contributed by atoms with Gasteiger partial charge in [-0.15, -0.1) is 11.3 Å². The molecule has 0 aliphatic heterocycles. The fourth-order valence-electron chi connectivity index (χ4n) is 2.68. The standard InChI is InChI=1S/C15H26N2S/c1-11(2)8-16-10-15(4,13-5-6-13)7-14-9-18-12(3)17-14/h9,11,13,16H,5-8,10H2,1-4H3. The van der Waals surface area contributed by atoms with E-state index >= 15 is 0 Å². The smallest absolute Gasteiger partial charge is 0.0897 e. The predicted octanol–water partition coefficient (Wildman–Crippen LogP) is 3.66. The molecule has 1 saturated carbocycles. The minimum atomic E-state index is 0.398. The lowest BCUT2D eigenvalue weighted by atomic mass is 9.80. The SMILES string of the molecule is Cc1nc(CC(C)(CNCC(C)C)C2CC2)cs1. The highest BCUT2D eigenvalue weighted by molar-refractivity contribution is 7.09. The maximum Gasteiger partial charge on any atom is 0.0897 e. The Morgan fingerprint density at radius 2 is 2.22 bits per heavy atom. The molecule has 0 spiro atoms. The lowest BCUT2D eigenvalue weighted by molar-refractivity contribution is 0.250. The van der Waals surface area contributed by atoms with Gasteiger partial charge in [0, 0.05) is 11.9 Å². The van der Waals surface area contributed by atoms with Gasteiger partial charge in [-0.2, -0.15) is 0 Å². The number of aromatic nitrogens is 1. The summed E-state index contributed by atoms with van der Waals surface area (Å²) in [5, 5.41) is 7.08. The molecular weight excluding hydrogens is 240 g/mol. The first-order valence-corrected chi connectivity index (χ1v) is 7.99. The molecule has 1 aromatic heterocycles. The summed E-state index contributed by atoms with van der Waals surface area (Å²) in [6, 6.07) is 0. The summed E-state index contributed by atoms with van der Waals surface area (Å²) in [5.41, 5.74) is 1.69. The molecule has 2 nitrogen and oxygen atoms in total. The monoisotopic (exact) mass is 266 g/mol. The highest BCUT2D eigenvalue weighted by atomic mass is 32.1. The highest BCUT2D eigenvalue weighted by Crippen LogP contribution is 2.47. The van der Waals surface area contributed by atoms with Crippen molar-refractivity contribution in [3.63, 3.8) is 0 Å². The molecule has 3 heteroatoms. The van der Waals surface area contributed by atoms with Gasteiger partial charge in [-0.1, -0.05) is 20.8 Å². The molecule has 1 aliphatic carbocycles. The number of thiazole rings is 1. The van der Waals surface area contributed by atoms with E-state index in [0.717, 1.165) is 31.3 Å². The molecule has 1 heterocycles. The van der Waals surface area contributed by atoms with Crippen LogP contribution in [0, 0.1) is 24.2 Å². The topological polar surface area (TPSA) is 24.9 Å². The van der Waals surface area contributed by atoms with Crippen molar-refractivity contribution in [1.29, 1.82) is 0 Å². The van der Waals surface area contributed by atoms with Gasteiger partial charge in [0.1, 0.15) is 0 Å².